The Morgan fingerprint density at radius 3 is 2.27 bits per heavy atom. The van der Waals surface area contributed by atoms with Crippen LogP contribution in [-0.4, -0.2) is 12.5 Å². The van der Waals surface area contributed by atoms with Gasteiger partial charge in [0.25, 0.3) is 5.91 Å². The van der Waals surface area contributed by atoms with E-state index in [4.69, 9.17) is 0 Å². The highest BCUT2D eigenvalue weighted by Gasteiger charge is 2.18. The number of nitrogens with one attached hydrogen (secondary N) is 1. The van der Waals surface area contributed by atoms with Crippen LogP contribution in [-0.2, 0) is 18.7 Å². The number of carbonyl (C=O) groups is 1. The maximum Gasteiger partial charge on any atom is 0.255 e. The van der Waals surface area contributed by atoms with E-state index in [2.05, 4.69) is 83.0 Å². The molecular weight excluding hydrogens is 424 g/mol. The zero-order valence-electron chi connectivity index (χ0n) is 18.4. The molecule has 0 saturated carbocycles. The summed E-state index contributed by atoms with van der Waals surface area (Å²) in [7, 11) is 0. The highest BCUT2D eigenvalue weighted by Crippen LogP contribution is 2.29. The lowest BCUT2D eigenvalue weighted by Gasteiger charge is -2.19. The Hall–Kier alpha value is -3.50. The van der Waals surface area contributed by atoms with Gasteiger partial charge in [0, 0.05) is 40.7 Å². The first kappa shape index (κ1) is 21.4. The van der Waals surface area contributed by atoms with Crippen LogP contribution in [0.4, 0.5) is 11.4 Å². The van der Waals surface area contributed by atoms with Gasteiger partial charge in [0.1, 0.15) is 0 Å². The molecule has 1 aliphatic heterocycles. The van der Waals surface area contributed by atoms with E-state index in [0.29, 0.717) is 5.56 Å². The highest BCUT2D eigenvalue weighted by molar-refractivity contribution is 7.98. The van der Waals surface area contributed by atoms with E-state index in [0.717, 1.165) is 31.0 Å². The van der Waals surface area contributed by atoms with E-state index >= 15 is 0 Å². The molecule has 0 saturated heterocycles. The third-order valence-electron chi connectivity index (χ3n) is 5.93. The van der Waals surface area contributed by atoms with Gasteiger partial charge in [0.2, 0.25) is 0 Å². The summed E-state index contributed by atoms with van der Waals surface area (Å²) in [4.78, 5) is 16.4. The molecule has 1 N–H and O–H groups in total. The van der Waals surface area contributed by atoms with Crippen molar-refractivity contribution in [2.45, 2.75) is 23.6 Å². The van der Waals surface area contributed by atoms with Crippen LogP contribution in [0.25, 0.3) is 0 Å². The van der Waals surface area contributed by atoms with Crippen molar-refractivity contribution in [2.24, 2.45) is 0 Å². The molecule has 4 heteroatoms. The fourth-order valence-corrected chi connectivity index (χ4v) is 5.00. The van der Waals surface area contributed by atoms with Crippen LogP contribution in [0.2, 0.25) is 0 Å². The van der Waals surface area contributed by atoms with Gasteiger partial charge in [-0.05, 0) is 65.6 Å². The molecule has 164 valence electrons. The second-order valence-corrected chi connectivity index (χ2v) is 9.30. The van der Waals surface area contributed by atoms with Crippen molar-refractivity contribution in [2.75, 3.05) is 16.8 Å². The minimum Gasteiger partial charge on any atom is -0.367 e. The maximum absolute atomic E-state index is 12.7. The zero-order valence-corrected chi connectivity index (χ0v) is 19.2. The van der Waals surface area contributed by atoms with E-state index in [1.807, 2.05) is 42.1 Å². The van der Waals surface area contributed by atoms with Crippen LogP contribution in [0.15, 0.2) is 108 Å². The smallest absolute Gasteiger partial charge is 0.255 e. The van der Waals surface area contributed by atoms with Crippen LogP contribution < -0.4 is 10.2 Å². The summed E-state index contributed by atoms with van der Waals surface area (Å²) in [6.07, 6.45) is 1.10. The third kappa shape index (κ3) is 5.29. The predicted octanol–water partition coefficient (Wildman–Crippen LogP) is 6.79. The number of nitrogens with zero attached hydrogens (tertiary/aromatic N) is 1. The molecule has 0 aromatic heterocycles. The topological polar surface area (TPSA) is 32.3 Å². The third-order valence-corrected chi connectivity index (χ3v) is 7.02. The molecule has 33 heavy (non-hydrogen) atoms. The molecule has 1 aliphatic rings. The SMILES string of the molecule is O=C(Nc1ccc(CSc2ccccc2)cc1)c1ccc(CN2CCc3ccccc32)cc1. The molecule has 1 amide bonds. The molecule has 5 rings (SSSR count). The molecule has 0 aliphatic carbocycles. The first-order valence-electron chi connectivity index (χ1n) is 11.2. The van der Waals surface area contributed by atoms with Gasteiger partial charge in [-0.3, -0.25) is 4.79 Å². The van der Waals surface area contributed by atoms with Crippen LogP contribution in [0.1, 0.15) is 27.0 Å². The number of benzene rings is 4. The summed E-state index contributed by atoms with van der Waals surface area (Å²) in [5, 5.41) is 3.01. The van der Waals surface area contributed by atoms with Gasteiger partial charge in [-0.15, -0.1) is 11.8 Å². The summed E-state index contributed by atoms with van der Waals surface area (Å²) in [6, 6.07) is 35.0. The largest absolute Gasteiger partial charge is 0.367 e. The molecule has 0 atom stereocenters. The lowest BCUT2D eigenvalue weighted by Crippen LogP contribution is -2.19. The van der Waals surface area contributed by atoms with E-state index in [9.17, 15) is 4.79 Å². The van der Waals surface area contributed by atoms with Gasteiger partial charge in [-0.1, -0.05) is 60.7 Å². The molecule has 3 nitrogen and oxygen atoms in total. The number of thioether (sulfide) groups is 1. The molecule has 0 unspecified atom stereocenters. The Morgan fingerprint density at radius 2 is 1.48 bits per heavy atom. The summed E-state index contributed by atoms with van der Waals surface area (Å²) in [5.74, 6) is 0.820. The minimum absolute atomic E-state index is 0.0838. The van der Waals surface area contributed by atoms with Gasteiger partial charge in [-0.2, -0.15) is 0 Å². The standard InChI is InChI=1S/C29H26N2OS/c32-29(30-26-16-12-23(13-17-26)21-33-27-7-2-1-3-8-27)25-14-10-22(11-15-25)20-31-19-18-24-6-4-5-9-28(24)31/h1-17H,18-21H2,(H,30,32). The normalized spacial score (nSPS) is 12.4. The lowest BCUT2D eigenvalue weighted by atomic mass is 10.1. The number of hydrogen-bond donors (Lipinski definition) is 1. The number of anilines is 2. The van der Waals surface area contributed by atoms with Crippen molar-refractivity contribution < 1.29 is 4.79 Å². The van der Waals surface area contributed by atoms with E-state index < -0.39 is 0 Å². The van der Waals surface area contributed by atoms with Crippen LogP contribution in [0.5, 0.6) is 0 Å². The second kappa shape index (κ2) is 9.97. The number of para-hydroxylation sites is 1. The van der Waals surface area contributed by atoms with Crippen molar-refractivity contribution in [3.05, 3.63) is 125 Å². The maximum atomic E-state index is 12.7. The average molecular weight is 451 g/mol. The van der Waals surface area contributed by atoms with E-state index in [1.54, 1.807) is 0 Å². The van der Waals surface area contributed by atoms with Crippen LogP contribution in [0, 0.1) is 0 Å². The number of fused-ring (bicyclic) bond motifs is 1. The molecule has 4 aromatic carbocycles. The van der Waals surface area contributed by atoms with Gasteiger partial charge in [0.05, 0.1) is 0 Å². The van der Waals surface area contributed by atoms with Gasteiger partial charge in [-0.25, -0.2) is 0 Å². The summed E-state index contributed by atoms with van der Waals surface area (Å²) >= 11 is 1.81. The van der Waals surface area contributed by atoms with Crippen molar-refractivity contribution >= 4 is 29.0 Å². The number of carbonyl (C=O) groups excluding carboxylic acids is 1. The van der Waals surface area contributed by atoms with E-state index in [1.165, 1.54) is 27.3 Å². The lowest BCUT2D eigenvalue weighted by molar-refractivity contribution is 0.102. The van der Waals surface area contributed by atoms with Gasteiger partial charge < -0.3 is 10.2 Å². The number of hydrogen-bond acceptors (Lipinski definition) is 3. The highest BCUT2D eigenvalue weighted by atomic mass is 32.2. The molecule has 0 spiro atoms. The van der Waals surface area contributed by atoms with E-state index in [-0.39, 0.29) is 5.91 Å². The molecule has 4 aromatic rings. The number of amides is 1. The quantitative estimate of drug-likeness (QED) is 0.315. The van der Waals surface area contributed by atoms with Crippen molar-refractivity contribution in [3.8, 4) is 0 Å². The average Bonchev–Trinajstić information content (AvgIpc) is 3.27. The fourth-order valence-electron chi connectivity index (χ4n) is 4.12. The molecule has 0 radical (unpaired) electrons. The Bertz CT molecular complexity index is 1220. The molecule has 0 bridgehead atoms. The van der Waals surface area contributed by atoms with Crippen molar-refractivity contribution in [3.63, 3.8) is 0 Å². The first-order valence-corrected chi connectivity index (χ1v) is 12.2. The Balaban J connectivity index is 1.16. The molecular formula is C29H26N2OS. The van der Waals surface area contributed by atoms with Crippen LogP contribution in [0.3, 0.4) is 0 Å². The summed E-state index contributed by atoms with van der Waals surface area (Å²) < 4.78 is 0. The number of rotatable bonds is 7. The second-order valence-electron chi connectivity index (χ2n) is 8.25. The molecule has 1 heterocycles. The first-order chi connectivity index (χ1) is 16.2. The Morgan fingerprint density at radius 1 is 0.788 bits per heavy atom. The predicted molar refractivity (Wildman–Crippen MR) is 138 cm³/mol. The monoisotopic (exact) mass is 450 g/mol. The van der Waals surface area contributed by atoms with Crippen molar-refractivity contribution in [1.82, 2.24) is 0 Å². The van der Waals surface area contributed by atoms with Crippen molar-refractivity contribution in [1.29, 1.82) is 0 Å². The summed E-state index contributed by atoms with van der Waals surface area (Å²) in [6.45, 7) is 1.91. The van der Waals surface area contributed by atoms with Crippen LogP contribution >= 0.6 is 11.8 Å². The Labute approximate surface area is 199 Å². The summed E-state index contributed by atoms with van der Waals surface area (Å²) in [5.41, 5.74) is 6.66. The van der Waals surface area contributed by atoms with Gasteiger partial charge >= 0.3 is 0 Å². The zero-order chi connectivity index (χ0) is 22.5. The molecule has 0 fully saturated rings. The van der Waals surface area contributed by atoms with Gasteiger partial charge in [0.15, 0.2) is 0 Å². The Kier molecular flexibility index (Phi) is 6.45. The fraction of sp³-hybridized carbons (Fsp3) is 0.138. The minimum atomic E-state index is -0.0838.